The summed E-state index contributed by atoms with van der Waals surface area (Å²) in [5.41, 5.74) is 6.84. The molecule has 3 unspecified atom stereocenters. The van der Waals surface area contributed by atoms with Crippen LogP contribution in [0.25, 0.3) is 0 Å². The zero-order valence-electron chi connectivity index (χ0n) is 13.1. The Morgan fingerprint density at radius 3 is 3.14 bits per heavy atom. The number of fused-ring (bicyclic) bond motifs is 2. The van der Waals surface area contributed by atoms with Gasteiger partial charge < -0.3 is 15.0 Å². The predicted octanol–water partition coefficient (Wildman–Crippen LogP) is 1.23. The van der Waals surface area contributed by atoms with Gasteiger partial charge in [0, 0.05) is 55.5 Å². The number of nitrogens with two attached hydrogens (primary N) is 1. The van der Waals surface area contributed by atoms with Gasteiger partial charge in [-0.3, -0.25) is 4.90 Å². The third-order valence-electron chi connectivity index (χ3n) is 6.20. The van der Waals surface area contributed by atoms with Crippen molar-refractivity contribution in [2.24, 2.45) is 17.1 Å². The van der Waals surface area contributed by atoms with Crippen LogP contribution < -0.4 is 5.73 Å². The first-order valence-corrected chi connectivity index (χ1v) is 8.15. The van der Waals surface area contributed by atoms with Crippen molar-refractivity contribution < 1.29 is 4.74 Å². The molecule has 1 saturated carbocycles. The number of aromatic nitrogens is 2. The fourth-order valence-electron chi connectivity index (χ4n) is 4.72. The van der Waals surface area contributed by atoms with Crippen LogP contribution in [0.15, 0.2) is 12.4 Å². The van der Waals surface area contributed by atoms with Crippen molar-refractivity contribution in [2.75, 3.05) is 19.7 Å². The Kier molecular flexibility index (Phi) is 2.97. The van der Waals surface area contributed by atoms with Crippen LogP contribution in [0.3, 0.4) is 0 Å². The summed E-state index contributed by atoms with van der Waals surface area (Å²) in [5, 5.41) is 0. The molecule has 2 fully saturated rings. The van der Waals surface area contributed by atoms with Crippen LogP contribution in [0.1, 0.15) is 32.5 Å². The molecule has 3 aliphatic rings. The topological polar surface area (TPSA) is 56.3 Å². The van der Waals surface area contributed by atoms with Gasteiger partial charge in [0.1, 0.15) is 5.82 Å². The molecule has 1 aromatic rings. The molecule has 3 atom stereocenters. The average Bonchev–Trinajstić information content (AvgIpc) is 2.94. The lowest BCUT2D eigenvalue weighted by Crippen LogP contribution is -2.80. The summed E-state index contributed by atoms with van der Waals surface area (Å²) >= 11 is 0. The van der Waals surface area contributed by atoms with E-state index in [1.807, 2.05) is 6.20 Å². The fourth-order valence-corrected chi connectivity index (χ4v) is 4.72. The van der Waals surface area contributed by atoms with Gasteiger partial charge in [-0.25, -0.2) is 4.98 Å². The minimum absolute atomic E-state index is 0.0605. The first-order chi connectivity index (χ1) is 10.0. The largest absolute Gasteiger partial charge is 0.377 e. The van der Waals surface area contributed by atoms with E-state index in [0.29, 0.717) is 12.0 Å². The number of nitrogens with zero attached hydrogens (tertiary/aromatic N) is 3. The van der Waals surface area contributed by atoms with E-state index in [1.54, 1.807) is 0 Å². The van der Waals surface area contributed by atoms with Gasteiger partial charge in [-0.05, 0) is 12.8 Å². The Bertz CT molecular complexity index is 540. The quantitative estimate of drug-likeness (QED) is 0.890. The molecule has 1 saturated heterocycles. The van der Waals surface area contributed by atoms with Crippen molar-refractivity contribution in [2.45, 2.75) is 51.4 Å². The summed E-state index contributed by atoms with van der Waals surface area (Å²) in [6.07, 6.45) is 6.69. The second kappa shape index (κ2) is 4.54. The minimum atomic E-state index is -0.132. The van der Waals surface area contributed by atoms with Crippen LogP contribution >= 0.6 is 0 Å². The summed E-state index contributed by atoms with van der Waals surface area (Å²) < 4.78 is 8.25. The first kappa shape index (κ1) is 13.7. The Morgan fingerprint density at radius 1 is 1.43 bits per heavy atom. The molecule has 116 valence electrons. The molecule has 1 aromatic heterocycles. The minimum Gasteiger partial charge on any atom is -0.377 e. The second-order valence-electron chi connectivity index (χ2n) is 7.55. The summed E-state index contributed by atoms with van der Waals surface area (Å²) in [6.45, 7) is 9.43. The van der Waals surface area contributed by atoms with Crippen LogP contribution in [0.2, 0.25) is 0 Å². The highest BCUT2D eigenvalue weighted by Crippen LogP contribution is 2.57. The number of ether oxygens (including phenoxy) is 1. The Labute approximate surface area is 126 Å². The second-order valence-corrected chi connectivity index (χ2v) is 7.55. The molecule has 21 heavy (non-hydrogen) atoms. The summed E-state index contributed by atoms with van der Waals surface area (Å²) in [7, 11) is 0. The molecule has 0 aromatic carbocycles. The Hall–Kier alpha value is -0.910. The van der Waals surface area contributed by atoms with Gasteiger partial charge in [-0.15, -0.1) is 0 Å². The maximum Gasteiger partial charge on any atom is 0.122 e. The predicted molar refractivity (Wildman–Crippen MR) is 80.7 cm³/mol. The van der Waals surface area contributed by atoms with Gasteiger partial charge in [-0.2, -0.15) is 0 Å². The van der Waals surface area contributed by atoms with Gasteiger partial charge in [0.15, 0.2) is 0 Å². The van der Waals surface area contributed by atoms with E-state index in [4.69, 9.17) is 10.5 Å². The third-order valence-corrected chi connectivity index (χ3v) is 6.20. The van der Waals surface area contributed by atoms with Crippen LogP contribution in [0, 0.1) is 11.3 Å². The van der Waals surface area contributed by atoms with Gasteiger partial charge in [0.25, 0.3) is 0 Å². The van der Waals surface area contributed by atoms with Crippen LogP contribution in [-0.4, -0.2) is 45.8 Å². The van der Waals surface area contributed by atoms with E-state index < -0.39 is 0 Å². The highest BCUT2D eigenvalue weighted by Gasteiger charge is 2.66. The molecule has 5 heteroatoms. The number of hydrogen-bond donors (Lipinski definition) is 1. The average molecular weight is 290 g/mol. The van der Waals surface area contributed by atoms with Crippen molar-refractivity contribution in [3.63, 3.8) is 0 Å². The van der Waals surface area contributed by atoms with E-state index in [9.17, 15) is 0 Å². The van der Waals surface area contributed by atoms with Crippen molar-refractivity contribution in [3.8, 4) is 0 Å². The smallest absolute Gasteiger partial charge is 0.122 e. The standard InChI is InChI=1S/C16H26N4O/c1-15(2)14-12(4-3-9-21-14)16(15,17)11-19-7-8-20-6-5-18-13(20)10-19/h5-6,12,14H,3-4,7-11,17H2,1-2H3. The normalized spacial score (nSPS) is 38.4. The van der Waals surface area contributed by atoms with E-state index in [-0.39, 0.29) is 11.0 Å². The van der Waals surface area contributed by atoms with Gasteiger partial charge in [-0.1, -0.05) is 13.8 Å². The summed E-state index contributed by atoms with van der Waals surface area (Å²) in [5.74, 6) is 1.68. The highest BCUT2D eigenvalue weighted by molar-refractivity contribution is 5.21. The molecular formula is C16H26N4O. The van der Waals surface area contributed by atoms with E-state index in [2.05, 4.69) is 34.5 Å². The van der Waals surface area contributed by atoms with Crippen molar-refractivity contribution >= 4 is 0 Å². The van der Waals surface area contributed by atoms with Crippen LogP contribution in [0.4, 0.5) is 0 Å². The number of hydrogen-bond acceptors (Lipinski definition) is 4. The van der Waals surface area contributed by atoms with Gasteiger partial charge >= 0.3 is 0 Å². The lowest BCUT2D eigenvalue weighted by Gasteiger charge is -2.67. The lowest BCUT2D eigenvalue weighted by molar-refractivity contribution is -0.232. The first-order valence-electron chi connectivity index (χ1n) is 8.15. The fraction of sp³-hybridized carbons (Fsp3) is 0.812. The van der Waals surface area contributed by atoms with E-state index in [1.165, 1.54) is 12.2 Å². The van der Waals surface area contributed by atoms with Crippen molar-refractivity contribution in [3.05, 3.63) is 18.2 Å². The number of imidazole rings is 1. The van der Waals surface area contributed by atoms with Gasteiger partial charge in [0.05, 0.1) is 12.6 Å². The molecule has 2 N–H and O–H groups in total. The third kappa shape index (κ3) is 1.84. The SMILES string of the molecule is CC1(C)C2OCCCC2C1(N)CN1CCn2ccnc2C1. The Morgan fingerprint density at radius 2 is 2.29 bits per heavy atom. The monoisotopic (exact) mass is 290 g/mol. The molecule has 0 radical (unpaired) electrons. The van der Waals surface area contributed by atoms with Gasteiger partial charge in [0.2, 0.25) is 0 Å². The molecule has 5 nitrogen and oxygen atoms in total. The molecule has 4 rings (SSSR count). The lowest BCUT2D eigenvalue weighted by atomic mass is 9.46. The zero-order valence-corrected chi connectivity index (χ0v) is 13.1. The molecule has 2 aliphatic heterocycles. The maximum absolute atomic E-state index is 6.91. The van der Waals surface area contributed by atoms with Crippen LogP contribution in [-0.2, 0) is 17.8 Å². The number of rotatable bonds is 2. The van der Waals surface area contributed by atoms with Crippen molar-refractivity contribution in [1.29, 1.82) is 0 Å². The molecule has 0 amide bonds. The zero-order chi connectivity index (χ0) is 14.7. The molecule has 1 aliphatic carbocycles. The summed E-state index contributed by atoms with van der Waals surface area (Å²) in [6, 6.07) is 0. The van der Waals surface area contributed by atoms with Crippen LogP contribution in [0.5, 0.6) is 0 Å². The summed E-state index contributed by atoms with van der Waals surface area (Å²) in [4.78, 5) is 6.94. The molecule has 3 heterocycles. The van der Waals surface area contributed by atoms with E-state index in [0.717, 1.165) is 39.2 Å². The molecule has 0 spiro atoms. The molecule has 0 bridgehead atoms. The molecular weight excluding hydrogens is 264 g/mol. The van der Waals surface area contributed by atoms with Crippen molar-refractivity contribution in [1.82, 2.24) is 14.5 Å². The Balaban J connectivity index is 1.51. The maximum atomic E-state index is 6.91. The van der Waals surface area contributed by atoms with E-state index >= 15 is 0 Å². The highest BCUT2D eigenvalue weighted by atomic mass is 16.5.